The number of unbranched alkanes of at least 4 members (excludes halogenated alkanes) is 1. The predicted octanol–water partition coefficient (Wildman–Crippen LogP) is 3.25. The SMILES string of the molecule is CCCCC(C(=O)CC(CC)(CC)N=O)C(=O)OC. The van der Waals surface area contributed by atoms with Gasteiger partial charge in [0.15, 0.2) is 0 Å². The third kappa shape index (κ3) is 5.09. The van der Waals surface area contributed by atoms with Gasteiger partial charge in [0.05, 0.1) is 7.11 Å². The molecule has 0 aromatic carbocycles. The summed E-state index contributed by atoms with van der Waals surface area (Å²) < 4.78 is 4.68. The molecule has 5 heteroatoms. The highest BCUT2D eigenvalue weighted by atomic mass is 16.5. The Kier molecular flexibility index (Phi) is 8.19. The second kappa shape index (κ2) is 8.77. The highest BCUT2D eigenvalue weighted by Crippen LogP contribution is 2.27. The van der Waals surface area contributed by atoms with Gasteiger partial charge < -0.3 is 4.74 Å². The molecule has 0 aliphatic carbocycles. The van der Waals surface area contributed by atoms with E-state index in [0.29, 0.717) is 19.3 Å². The van der Waals surface area contributed by atoms with Crippen LogP contribution in [0.25, 0.3) is 0 Å². The molecule has 0 amide bonds. The topological polar surface area (TPSA) is 72.8 Å². The number of nitroso groups, excluding NO2 is 1. The summed E-state index contributed by atoms with van der Waals surface area (Å²) in [5.74, 6) is -1.50. The third-order valence-corrected chi connectivity index (χ3v) is 3.73. The van der Waals surface area contributed by atoms with Crippen LogP contribution in [-0.2, 0) is 14.3 Å². The van der Waals surface area contributed by atoms with E-state index in [1.807, 2.05) is 20.8 Å². The molecule has 110 valence electrons. The van der Waals surface area contributed by atoms with Crippen LogP contribution in [0.3, 0.4) is 0 Å². The number of hydrogen-bond acceptors (Lipinski definition) is 5. The van der Waals surface area contributed by atoms with Gasteiger partial charge in [-0.1, -0.05) is 38.8 Å². The average Bonchev–Trinajstić information content (AvgIpc) is 2.44. The van der Waals surface area contributed by atoms with Crippen LogP contribution in [0.15, 0.2) is 5.18 Å². The molecule has 1 unspecified atom stereocenters. The van der Waals surface area contributed by atoms with Gasteiger partial charge in [0, 0.05) is 6.42 Å². The van der Waals surface area contributed by atoms with Crippen LogP contribution in [0.4, 0.5) is 0 Å². The number of ketones is 1. The molecule has 0 N–H and O–H groups in total. The first-order valence-electron chi connectivity index (χ1n) is 6.95. The lowest BCUT2D eigenvalue weighted by Gasteiger charge is -2.24. The van der Waals surface area contributed by atoms with Crippen LogP contribution < -0.4 is 0 Å². The third-order valence-electron chi connectivity index (χ3n) is 3.73. The number of nitrogens with zero attached hydrogens (tertiary/aromatic N) is 1. The van der Waals surface area contributed by atoms with E-state index in [1.165, 1.54) is 7.11 Å². The number of carbonyl (C=O) groups excluding carboxylic acids is 2. The lowest BCUT2D eigenvalue weighted by atomic mass is 9.83. The number of ether oxygens (including phenoxy) is 1. The fraction of sp³-hybridized carbons (Fsp3) is 0.857. The van der Waals surface area contributed by atoms with E-state index in [-0.39, 0.29) is 12.2 Å². The van der Waals surface area contributed by atoms with Crippen molar-refractivity contribution in [2.24, 2.45) is 11.1 Å². The maximum Gasteiger partial charge on any atom is 0.316 e. The first-order valence-corrected chi connectivity index (χ1v) is 6.95. The smallest absolute Gasteiger partial charge is 0.316 e. The zero-order chi connectivity index (χ0) is 14.9. The van der Waals surface area contributed by atoms with Crippen LogP contribution in [0, 0.1) is 10.8 Å². The summed E-state index contributed by atoms with van der Waals surface area (Å²) in [6, 6.07) is 0. The van der Waals surface area contributed by atoms with Crippen molar-refractivity contribution < 1.29 is 14.3 Å². The molecule has 1 atom stereocenters. The summed E-state index contributed by atoms with van der Waals surface area (Å²) in [4.78, 5) is 34.9. The minimum absolute atomic E-state index is 0.0208. The molecule has 0 fully saturated rings. The second-order valence-electron chi connectivity index (χ2n) is 4.88. The molecule has 0 saturated heterocycles. The molecule has 0 aromatic heterocycles. The largest absolute Gasteiger partial charge is 0.468 e. The Labute approximate surface area is 115 Å². The van der Waals surface area contributed by atoms with Crippen molar-refractivity contribution in [1.82, 2.24) is 0 Å². The van der Waals surface area contributed by atoms with E-state index in [9.17, 15) is 14.5 Å². The van der Waals surface area contributed by atoms with Crippen LogP contribution in [0.5, 0.6) is 0 Å². The fourth-order valence-corrected chi connectivity index (χ4v) is 2.07. The molecule has 5 nitrogen and oxygen atoms in total. The van der Waals surface area contributed by atoms with Crippen molar-refractivity contribution in [2.45, 2.75) is 64.8 Å². The summed E-state index contributed by atoms with van der Waals surface area (Å²) in [6.45, 7) is 5.66. The average molecular weight is 271 g/mol. The highest BCUT2D eigenvalue weighted by Gasteiger charge is 2.36. The summed E-state index contributed by atoms with van der Waals surface area (Å²) in [7, 11) is 1.28. The van der Waals surface area contributed by atoms with Crippen molar-refractivity contribution in [1.29, 1.82) is 0 Å². The number of methoxy groups -OCH3 is 1. The van der Waals surface area contributed by atoms with Gasteiger partial charge in [-0.2, -0.15) is 4.91 Å². The van der Waals surface area contributed by atoms with E-state index < -0.39 is 17.4 Å². The molecule has 0 aromatic rings. The Morgan fingerprint density at radius 2 is 1.79 bits per heavy atom. The first kappa shape index (κ1) is 17.7. The monoisotopic (exact) mass is 271 g/mol. The fourth-order valence-electron chi connectivity index (χ4n) is 2.07. The maximum absolute atomic E-state index is 12.2. The zero-order valence-corrected chi connectivity index (χ0v) is 12.4. The molecule has 0 aliphatic heterocycles. The Bertz CT molecular complexity index is 311. The minimum Gasteiger partial charge on any atom is -0.468 e. The van der Waals surface area contributed by atoms with E-state index in [2.05, 4.69) is 9.91 Å². The Balaban J connectivity index is 4.88. The summed E-state index contributed by atoms with van der Waals surface area (Å²) >= 11 is 0. The molecule has 0 spiro atoms. The number of Topliss-reactive ketones (excluding diaryl/α,β-unsaturated/α-hetero) is 1. The number of rotatable bonds is 10. The predicted molar refractivity (Wildman–Crippen MR) is 73.8 cm³/mol. The lowest BCUT2D eigenvalue weighted by Crippen LogP contribution is -2.34. The summed E-state index contributed by atoms with van der Waals surface area (Å²) in [6.07, 6.45) is 3.18. The molecule has 0 heterocycles. The molecule has 0 aliphatic rings. The number of hydrogen-bond donors (Lipinski definition) is 0. The standard InChI is InChI=1S/C14H25NO4/c1-5-8-9-11(13(17)19-4)12(16)10-14(6-2,7-3)15-18/h11H,5-10H2,1-4H3. The van der Waals surface area contributed by atoms with Crippen molar-refractivity contribution in [2.75, 3.05) is 7.11 Å². The van der Waals surface area contributed by atoms with E-state index in [1.54, 1.807) is 0 Å². The second-order valence-corrected chi connectivity index (χ2v) is 4.88. The lowest BCUT2D eigenvalue weighted by molar-refractivity contribution is -0.150. The van der Waals surface area contributed by atoms with Gasteiger partial charge >= 0.3 is 5.97 Å². The van der Waals surface area contributed by atoms with Crippen molar-refractivity contribution >= 4 is 11.8 Å². The zero-order valence-electron chi connectivity index (χ0n) is 12.4. The van der Waals surface area contributed by atoms with Crippen molar-refractivity contribution in [3.8, 4) is 0 Å². The molecule has 19 heavy (non-hydrogen) atoms. The van der Waals surface area contributed by atoms with Crippen molar-refractivity contribution in [3.05, 3.63) is 4.91 Å². The minimum atomic E-state index is -0.879. The Hall–Kier alpha value is -1.26. The van der Waals surface area contributed by atoms with E-state index in [0.717, 1.165) is 12.8 Å². The Morgan fingerprint density at radius 1 is 1.21 bits per heavy atom. The van der Waals surface area contributed by atoms with Gasteiger partial charge in [-0.05, 0) is 19.3 Å². The van der Waals surface area contributed by atoms with Crippen LogP contribution in [0.1, 0.15) is 59.3 Å². The van der Waals surface area contributed by atoms with Gasteiger partial charge in [-0.25, -0.2) is 0 Å². The highest BCUT2D eigenvalue weighted by molar-refractivity contribution is 5.99. The van der Waals surface area contributed by atoms with Gasteiger partial charge in [0.2, 0.25) is 0 Å². The number of esters is 1. The van der Waals surface area contributed by atoms with E-state index in [4.69, 9.17) is 0 Å². The normalized spacial score (nSPS) is 12.8. The molecule has 0 rings (SSSR count). The van der Waals surface area contributed by atoms with Gasteiger partial charge in [0.25, 0.3) is 0 Å². The van der Waals surface area contributed by atoms with Crippen molar-refractivity contribution in [3.63, 3.8) is 0 Å². The van der Waals surface area contributed by atoms with E-state index >= 15 is 0 Å². The quantitative estimate of drug-likeness (QED) is 0.347. The molecule has 0 radical (unpaired) electrons. The van der Waals surface area contributed by atoms with Gasteiger partial charge in [-0.3, -0.25) is 9.59 Å². The molecular weight excluding hydrogens is 246 g/mol. The van der Waals surface area contributed by atoms with Crippen LogP contribution in [0.2, 0.25) is 0 Å². The molecular formula is C14H25NO4. The van der Waals surface area contributed by atoms with Gasteiger partial charge in [-0.15, -0.1) is 0 Å². The summed E-state index contributed by atoms with van der Waals surface area (Å²) in [5.41, 5.74) is -0.879. The molecule has 0 bridgehead atoms. The Morgan fingerprint density at radius 3 is 2.16 bits per heavy atom. The van der Waals surface area contributed by atoms with Gasteiger partial charge in [0.1, 0.15) is 17.2 Å². The number of carbonyl (C=O) groups is 2. The summed E-state index contributed by atoms with van der Waals surface area (Å²) in [5, 5.41) is 3.12. The maximum atomic E-state index is 12.2. The van der Waals surface area contributed by atoms with Crippen LogP contribution >= 0.6 is 0 Å². The first-order chi connectivity index (χ1) is 9.00. The molecule has 0 saturated carbocycles. The van der Waals surface area contributed by atoms with Crippen LogP contribution in [-0.4, -0.2) is 24.4 Å².